The normalized spacial score (nSPS) is 19.4. The molecule has 2 aliphatic rings. The second kappa shape index (κ2) is 8.05. The first-order chi connectivity index (χ1) is 14.2. The quantitative estimate of drug-likeness (QED) is 0.795. The van der Waals surface area contributed by atoms with Crippen molar-refractivity contribution in [3.8, 4) is 0 Å². The van der Waals surface area contributed by atoms with Crippen LogP contribution in [0, 0.1) is 11.8 Å². The summed E-state index contributed by atoms with van der Waals surface area (Å²) in [6.45, 7) is 2.40. The van der Waals surface area contributed by atoms with Crippen LogP contribution in [0.2, 0.25) is 0 Å². The number of thiazole rings is 1. The number of likely N-dealkylation sites (tertiary alicyclic amines) is 1. The molecule has 3 heterocycles. The molecule has 6 nitrogen and oxygen atoms in total. The first kappa shape index (κ1) is 20.9. The molecule has 0 aliphatic carbocycles. The third-order valence-corrected chi connectivity index (χ3v) is 7.12. The van der Waals surface area contributed by atoms with E-state index in [4.69, 9.17) is 5.73 Å². The second-order valence-corrected chi connectivity index (χ2v) is 8.95. The molecule has 2 N–H and O–H groups in total. The number of hydrogen-bond acceptors (Lipinski definition) is 5. The highest BCUT2D eigenvalue weighted by molar-refractivity contribution is 7.22. The molecule has 2 aliphatic heterocycles. The molecule has 2 aromatic rings. The number of anilines is 1. The van der Waals surface area contributed by atoms with Crippen molar-refractivity contribution in [2.75, 3.05) is 31.1 Å². The van der Waals surface area contributed by atoms with E-state index < -0.39 is 11.7 Å². The van der Waals surface area contributed by atoms with Crippen molar-refractivity contribution in [2.24, 2.45) is 17.6 Å². The molecule has 4 rings (SSSR count). The van der Waals surface area contributed by atoms with Crippen LogP contribution in [0.3, 0.4) is 0 Å². The molecule has 0 atom stereocenters. The maximum Gasteiger partial charge on any atom is 0.416 e. The van der Waals surface area contributed by atoms with Gasteiger partial charge in [-0.25, -0.2) is 4.98 Å². The van der Waals surface area contributed by atoms with Gasteiger partial charge in [-0.2, -0.15) is 13.2 Å². The average molecular weight is 440 g/mol. The molecule has 0 saturated carbocycles. The number of amides is 2. The van der Waals surface area contributed by atoms with E-state index in [1.54, 1.807) is 0 Å². The van der Waals surface area contributed by atoms with E-state index in [1.165, 1.54) is 17.4 Å². The summed E-state index contributed by atoms with van der Waals surface area (Å²) in [6.07, 6.45) is -1.80. The average Bonchev–Trinajstić information content (AvgIpc) is 3.16. The predicted octanol–water partition coefficient (Wildman–Crippen LogP) is 3.26. The van der Waals surface area contributed by atoms with Gasteiger partial charge >= 0.3 is 6.18 Å². The van der Waals surface area contributed by atoms with E-state index in [0.717, 1.165) is 12.1 Å². The highest BCUT2D eigenvalue weighted by Crippen LogP contribution is 2.36. The molecule has 2 fully saturated rings. The first-order valence-corrected chi connectivity index (χ1v) is 10.8. The van der Waals surface area contributed by atoms with Gasteiger partial charge in [-0.1, -0.05) is 11.3 Å². The van der Waals surface area contributed by atoms with Gasteiger partial charge in [0.2, 0.25) is 11.8 Å². The number of piperidine rings is 2. The van der Waals surface area contributed by atoms with Gasteiger partial charge in [0.1, 0.15) is 0 Å². The smallest absolute Gasteiger partial charge is 0.369 e. The number of nitrogens with zero attached hydrogens (tertiary/aromatic N) is 3. The number of aromatic nitrogens is 1. The first-order valence-electron chi connectivity index (χ1n) is 10.0. The van der Waals surface area contributed by atoms with Gasteiger partial charge < -0.3 is 15.5 Å². The van der Waals surface area contributed by atoms with E-state index >= 15 is 0 Å². The van der Waals surface area contributed by atoms with Gasteiger partial charge in [-0.05, 0) is 43.9 Å². The molecule has 0 radical (unpaired) electrons. The van der Waals surface area contributed by atoms with Crippen molar-refractivity contribution in [1.82, 2.24) is 9.88 Å². The van der Waals surface area contributed by atoms with Crippen LogP contribution in [0.25, 0.3) is 10.2 Å². The number of alkyl halides is 3. The highest BCUT2D eigenvalue weighted by atomic mass is 32.1. The van der Waals surface area contributed by atoms with E-state index in [0.29, 0.717) is 67.2 Å². The molecule has 1 aromatic carbocycles. The summed E-state index contributed by atoms with van der Waals surface area (Å²) < 4.78 is 39.5. The van der Waals surface area contributed by atoms with Gasteiger partial charge in [-0.3, -0.25) is 9.59 Å². The molecular formula is C20H23F3N4O2S. The molecule has 30 heavy (non-hydrogen) atoms. The summed E-state index contributed by atoms with van der Waals surface area (Å²) in [7, 11) is 0. The van der Waals surface area contributed by atoms with Crippen LogP contribution < -0.4 is 10.6 Å². The summed E-state index contributed by atoms with van der Waals surface area (Å²) in [4.78, 5) is 32.4. The SMILES string of the molecule is NC(=O)C1CCN(C(=O)C2CCN(c3nc4cc(C(F)(F)F)ccc4s3)CC2)CC1. The van der Waals surface area contributed by atoms with Gasteiger partial charge in [0, 0.05) is 38.0 Å². The van der Waals surface area contributed by atoms with Crippen molar-refractivity contribution in [3.05, 3.63) is 23.8 Å². The molecule has 0 unspecified atom stereocenters. The van der Waals surface area contributed by atoms with Crippen LogP contribution in [0.1, 0.15) is 31.2 Å². The number of carbonyl (C=O) groups is 2. The molecule has 162 valence electrons. The lowest BCUT2D eigenvalue weighted by Crippen LogP contribution is -2.46. The molecule has 0 spiro atoms. The Hall–Kier alpha value is -2.36. The summed E-state index contributed by atoms with van der Waals surface area (Å²) in [5.74, 6) is -0.393. The van der Waals surface area contributed by atoms with Crippen LogP contribution >= 0.6 is 11.3 Å². The standard InChI is InChI=1S/C20H23F3N4O2S/c21-20(22,23)14-1-2-16-15(11-14)25-19(30-16)27-9-5-13(6-10-27)18(29)26-7-3-12(4-8-26)17(24)28/h1-2,11-13H,3-10H2,(H2,24,28). The Kier molecular flexibility index (Phi) is 5.61. The lowest BCUT2D eigenvalue weighted by Gasteiger charge is -2.36. The molecule has 0 bridgehead atoms. The van der Waals surface area contributed by atoms with Crippen molar-refractivity contribution < 1.29 is 22.8 Å². The third kappa shape index (κ3) is 4.23. The van der Waals surface area contributed by atoms with E-state index in [2.05, 4.69) is 4.98 Å². The van der Waals surface area contributed by atoms with Crippen LogP contribution in [0.4, 0.5) is 18.3 Å². The third-order valence-electron chi connectivity index (χ3n) is 6.03. The number of nitrogens with two attached hydrogens (primary N) is 1. The molecule has 10 heteroatoms. The van der Waals surface area contributed by atoms with Crippen LogP contribution in [-0.2, 0) is 15.8 Å². The molecular weight excluding hydrogens is 417 g/mol. The van der Waals surface area contributed by atoms with Gasteiger partial charge in [0.05, 0.1) is 15.8 Å². The number of fused-ring (bicyclic) bond motifs is 1. The summed E-state index contributed by atoms with van der Waals surface area (Å²) in [5.41, 5.74) is 5.00. The van der Waals surface area contributed by atoms with Crippen molar-refractivity contribution in [3.63, 3.8) is 0 Å². The van der Waals surface area contributed by atoms with Gasteiger partial charge in [0.15, 0.2) is 5.13 Å². The van der Waals surface area contributed by atoms with Gasteiger partial charge in [0.25, 0.3) is 0 Å². The van der Waals surface area contributed by atoms with Crippen LogP contribution in [0.15, 0.2) is 18.2 Å². The Balaban J connectivity index is 1.36. The summed E-state index contributed by atoms with van der Waals surface area (Å²) in [5, 5.41) is 0.692. The van der Waals surface area contributed by atoms with Crippen molar-refractivity contribution in [2.45, 2.75) is 31.9 Å². The van der Waals surface area contributed by atoms with Crippen LogP contribution in [0.5, 0.6) is 0 Å². The predicted molar refractivity (Wildman–Crippen MR) is 108 cm³/mol. The minimum Gasteiger partial charge on any atom is -0.369 e. The van der Waals surface area contributed by atoms with Gasteiger partial charge in [-0.15, -0.1) is 0 Å². The number of halogens is 3. The Morgan fingerprint density at radius 1 is 1.03 bits per heavy atom. The number of hydrogen-bond donors (Lipinski definition) is 1. The fourth-order valence-corrected chi connectivity index (χ4v) is 5.18. The Labute approximate surface area is 175 Å². The lowest BCUT2D eigenvalue weighted by atomic mass is 9.92. The molecule has 2 saturated heterocycles. The Morgan fingerprint density at radius 2 is 1.67 bits per heavy atom. The number of benzene rings is 1. The summed E-state index contributed by atoms with van der Waals surface area (Å²) in [6, 6.07) is 3.63. The maximum atomic E-state index is 12.9. The molecule has 1 aromatic heterocycles. The minimum absolute atomic E-state index is 0.0717. The highest BCUT2D eigenvalue weighted by Gasteiger charge is 2.33. The van der Waals surface area contributed by atoms with E-state index in [1.807, 2.05) is 9.80 Å². The minimum atomic E-state index is -4.39. The number of rotatable bonds is 3. The van der Waals surface area contributed by atoms with Crippen LogP contribution in [-0.4, -0.2) is 47.9 Å². The maximum absolute atomic E-state index is 12.9. The van der Waals surface area contributed by atoms with Crippen molar-refractivity contribution >= 4 is 38.5 Å². The topological polar surface area (TPSA) is 79.5 Å². The fraction of sp³-hybridized carbons (Fsp3) is 0.550. The summed E-state index contributed by atoms with van der Waals surface area (Å²) >= 11 is 1.37. The zero-order valence-corrected chi connectivity index (χ0v) is 17.1. The number of carbonyl (C=O) groups excluding carboxylic acids is 2. The lowest BCUT2D eigenvalue weighted by molar-refractivity contribution is -0.139. The Bertz CT molecular complexity index is 945. The fourth-order valence-electron chi connectivity index (χ4n) is 4.19. The number of primary amides is 1. The Morgan fingerprint density at radius 3 is 2.27 bits per heavy atom. The zero-order chi connectivity index (χ0) is 21.5. The zero-order valence-electron chi connectivity index (χ0n) is 16.3. The largest absolute Gasteiger partial charge is 0.416 e. The van der Waals surface area contributed by atoms with Crippen molar-refractivity contribution in [1.29, 1.82) is 0 Å². The second-order valence-electron chi connectivity index (χ2n) is 7.94. The monoisotopic (exact) mass is 440 g/mol. The van der Waals surface area contributed by atoms with E-state index in [-0.39, 0.29) is 23.7 Å². The van der Waals surface area contributed by atoms with E-state index in [9.17, 15) is 22.8 Å². The molecule has 2 amide bonds.